The second kappa shape index (κ2) is 11.5. The number of fused-ring (bicyclic) bond motifs is 5. The molecule has 220 valence electrons. The van der Waals surface area contributed by atoms with Crippen LogP contribution < -0.4 is 4.74 Å². The maximum atomic E-state index is 12.6. The van der Waals surface area contributed by atoms with Gasteiger partial charge in [0.2, 0.25) is 5.75 Å². The van der Waals surface area contributed by atoms with Gasteiger partial charge in [0, 0.05) is 12.5 Å². The Morgan fingerprint density at radius 3 is 2.58 bits per heavy atom. The van der Waals surface area contributed by atoms with Gasteiger partial charge in [0.1, 0.15) is 6.10 Å². The molecule has 3 fully saturated rings. The molecule has 0 bridgehead atoms. The quantitative estimate of drug-likeness (QED) is 0.106. The number of nitro benzene ring substituents is 1. The van der Waals surface area contributed by atoms with Gasteiger partial charge >= 0.3 is 11.8 Å². The molecular weight excluding hydrogens is 502 g/mol. The van der Waals surface area contributed by atoms with Crippen LogP contribution >= 0.6 is 0 Å². The first-order valence-electron chi connectivity index (χ1n) is 15.8. The van der Waals surface area contributed by atoms with E-state index in [4.69, 9.17) is 9.47 Å². The van der Waals surface area contributed by atoms with E-state index >= 15 is 0 Å². The highest BCUT2D eigenvalue weighted by atomic mass is 16.7. The fourth-order valence-corrected chi connectivity index (χ4v) is 9.70. The van der Waals surface area contributed by atoms with Crippen molar-refractivity contribution in [1.82, 2.24) is 0 Å². The average molecular weight is 552 g/mol. The zero-order chi connectivity index (χ0) is 28.7. The number of nitrogens with zero attached hydrogens (tertiary/aromatic N) is 1. The molecule has 4 aliphatic carbocycles. The second-order valence-electron chi connectivity index (χ2n) is 14.3. The average Bonchev–Trinajstić information content (AvgIpc) is 3.26. The maximum Gasteiger partial charge on any atom is 0.514 e. The van der Waals surface area contributed by atoms with Gasteiger partial charge < -0.3 is 9.47 Å². The Labute approximate surface area is 240 Å². The van der Waals surface area contributed by atoms with Crippen LogP contribution in [0.1, 0.15) is 105 Å². The first-order chi connectivity index (χ1) is 19.0. The van der Waals surface area contributed by atoms with Crippen molar-refractivity contribution < 1.29 is 19.2 Å². The molecule has 0 aromatic heterocycles. The number of carbonyl (C=O) groups excluding carboxylic acids is 1. The molecule has 40 heavy (non-hydrogen) atoms. The first kappa shape index (κ1) is 29.1. The van der Waals surface area contributed by atoms with Crippen molar-refractivity contribution in [1.29, 1.82) is 0 Å². The van der Waals surface area contributed by atoms with E-state index in [2.05, 4.69) is 40.7 Å². The molecule has 1 aromatic rings. The van der Waals surface area contributed by atoms with Crippen LogP contribution in [0, 0.1) is 56.5 Å². The van der Waals surface area contributed by atoms with Crippen molar-refractivity contribution >= 4 is 11.8 Å². The molecule has 5 rings (SSSR count). The van der Waals surface area contributed by atoms with Crippen LogP contribution in [0.25, 0.3) is 0 Å². The molecule has 4 aliphatic rings. The highest BCUT2D eigenvalue weighted by Gasteiger charge is 2.59. The Morgan fingerprint density at radius 2 is 1.82 bits per heavy atom. The van der Waals surface area contributed by atoms with E-state index in [1.54, 1.807) is 12.1 Å². The van der Waals surface area contributed by atoms with Crippen molar-refractivity contribution in [2.45, 2.75) is 111 Å². The smallest absolute Gasteiger partial charge is 0.430 e. The van der Waals surface area contributed by atoms with Gasteiger partial charge in [-0.3, -0.25) is 10.1 Å². The van der Waals surface area contributed by atoms with E-state index in [1.807, 2.05) is 0 Å². The van der Waals surface area contributed by atoms with E-state index in [9.17, 15) is 14.9 Å². The zero-order valence-electron chi connectivity index (χ0n) is 25.2. The van der Waals surface area contributed by atoms with E-state index in [0.29, 0.717) is 11.3 Å². The van der Waals surface area contributed by atoms with Crippen LogP contribution in [0.5, 0.6) is 5.75 Å². The van der Waals surface area contributed by atoms with Crippen LogP contribution in [0.3, 0.4) is 0 Å². The molecule has 0 saturated heterocycles. The summed E-state index contributed by atoms with van der Waals surface area (Å²) in [6.07, 6.45) is 14.6. The van der Waals surface area contributed by atoms with Crippen LogP contribution in [0.4, 0.5) is 10.5 Å². The van der Waals surface area contributed by atoms with Crippen LogP contribution in [0.2, 0.25) is 0 Å². The number of carbonyl (C=O) groups is 1. The van der Waals surface area contributed by atoms with Gasteiger partial charge in [0.25, 0.3) is 0 Å². The Morgan fingerprint density at radius 1 is 1.05 bits per heavy atom. The minimum Gasteiger partial charge on any atom is -0.430 e. The molecule has 0 N–H and O–H groups in total. The van der Waals surface area contributed by atoms with Gasteiger partial charge in [-0.1, -0.05) is 77.7 Å². The molecule has 8 atom stereocenters. The SMILES string of the molecule is CC(C)CCC[C@@H](C)[C@H]1CC[C@H]2[C@H]3CC=C4C[C@@H](OC(=O)Oc5ccccc5[N+](=O)[O-])CC[C@]4(C)[C@@H]3CC[C@]12C. The Hall–Kier alpha value is -2.37. The van der Waals surface area contributed by atoms with Crippen molar-refractivity contribution in [2.75, 3.05) is 0 Å². The molecule has 6 nitrogen and oxygen atoms in total. The third-order valence-corrected chi connectivity index (χ3v) is 11.8. The van der Waals surface area contributed by atoms with Gasteiger partial charge in [0.05, 0.1) is 4.92 Å². The third kappa shape index (κ3) is 5.44. The van der Waals surface area contributed by atoms with Crippen LogP contribution in [-0.2, 0) is 4.74 Å². The lowest BCUT2D eigenvalue weighted by molar-refractivity contribution is -0.385. The van der Waals surface area contributed by atoms with Gasteiger partial charge in [-0.05, 0) is 97.3 Å². The predicted octanol–water partition coefficient (Wildman–Crippen LogP) is 9.52. The zero-order valence-corrected chi connectivity index (χ0v) is 25.2. The van der Waals surface area contributed by atoms with Crippen molar-refractivity contribution in [3.8, 4) is 5.75 Å². The number of benzene rings is 1. The van der Waals surface area contributed by atoms with Gasteiger partial charge in [-0.25, -0.2) is 4.79 Å². The van der Waals surface area contributed by atoms with Crippen molar-refractivity contribution in [3.05, 3.63) is 46.0 Å². The standard InChI is InChI=1S/C34H49NO5/c1-22(2)9-8-10-23(3)27-15-16-28-26-14-13-24-21-25(17-19-33(24,4)29(26)18-20-34(27,28)5)39-32(36)40-31-12-7-6-11-30(31)35(37)38/h6-7,11-13,22-23,25-29H,8-10,14-21H2,1-5H3/t23-,25+,26-,27-,28+,29-,33+,34-/m1/s1. The molecule has 0 amide bonds. The lowest BCUT2D eigenvalue weighted by Gasteiger charge is -2.58. The maximum absolute atomic E-state index is 12.6. The van der Waals surface area contributed by atoms with E-state index in [1.165, 1.54) is 62.7 Å². The number of para-hydroxylation sites is 2. The third-order valence-electron chi connectivity index (χ3n) is 11.8. The predicted molar refractivity (Wildman–Crippen MR) is 157 cm³/mol. The number of nitro groups is 1. The fraction of sp³-hybridized carbons (Fsp3) is 0.735. The first-order valence-corrected chi connectivity index (χ1v) is 15.8. The van der Waals surface area contributed by atoms with Crippen LogP contribution in [0.15, 0.2) is 35.9 Å². The molecule has 0 spiro atoms. The number of ether oxygens (including phenoxy) is 2. The summed E-state index contributed by atoms with van der Waals surface area (Å²) in [5.74, 6) is 4.70. The molecule has 3 saturated carbocycles. The van der Waals surface area contributed by atoms with Gasteiger partial charge in [-0.2, -0.15) is 0 Å². The number of allylic oxidation sites excluding steroid dienone is 1. The molecule has 6 heteroatoms. The minimum absolute atomic E-state index is 0.0766. The lowest BCUT2D eigenvalue weighted by Crippen LogP contribution is -2.51. The Balaban J connectivity index is 1.22. The normalized spacial score (nSPS) is 35.6. The minimum atomic E-state index is -0.856. The summed E-state index contributed by atoms with van der Waals surface area (Å²) in [7, 11) is 0. The summed E-state index contributed by atoms with van der Waals surface area (Å²) in [6, 6.07) is 5.92. The highest BCUT2D eigenvalue weighted by molar-refractivity contribution is 5.66. The summed E-state index contributed by atoms with van der Waals surface area (Å²) in [6.45, 7) is 12.3. The van der Waals surface area contributed by atoms with Crippen molar-refractivity contribution in [2.24, 2.45) is 46.3 Å². The summed E-state index contributed by atoms with van der Waals surface area (Å²) in [4.78, 5) is 23.3. The van der Waals surface area contributed by atoms with Crippen LogP contribution in [-0.4, -0.2) is 17.2 Å². The van der Waals surface area contributed by atoms with Crippen molar-refractivity contribution in [3.63, 3.8) is 0 Å². The Kier molecular flexibility index (Phi) is 8.37. The summed E-state index contributed by atoms with van der Waals surface area (Å²) in [5.41, 5.74) is 1.86. The van der Waals surface area contributed by atoms with Gasteiger partial charge in [0.15, 0.2) is 0 Å². The summed E-state index contributed by atoms with van der Waals surface area (Å²) in [5, 5.41) is 11.3. The lowest BCUT2D eigenvalue weighted by atomic mass is 9.47. The highest BCUT2D eigenvalue weighted by Crippen LogP contribution is 2.67. The molecular formula is C34H49NO5. The molecule has 0 unspecified atom stereocenters. The fourth-order valence-electron chi connectivity index (χ4n) is 9.70. The van der Waals surface area contributed by atoms with E-state index in [0.717, 1.165) is 55.3 Å². The molecule has 0 radical (unpaired) electrons. The summed E-state index contributed by atoms with van der Waals surface area (Å²) >= 11 is 0. The number of hydrogen-bond donors (Lipinski definition) is 0. The largest absolute Gasteiger partial charge is 0.514 e. The van der Waals surface area contributed by atoms with E-state index in [-0.39, 0.29) is 23.0 Å². The molecule has 1 aromatic carbocycles. The number of rotatable bonds is 8. The number of hydrogen-bond acceptors (Lipinski definition) is 5. The Bertz CT molecular complexity index is 1130. The monoisotopic (exact) mass is 551 g/mol. The van der Waals surface area contributed by atoms with E-state index < -0.39 is 11.1 Å². The topological polar surface area (TPSA) is 78.7 Å². The molecule has 0 aliphatic heterocycles. The molecule has 0 heterocycles. The van der Waals surface area contributed by atoms with Gasteiger partial charge in [-0.15, -0.1) is 0 Å². The summed E-state index contributed by atoms with van der Waals surface area (Å²) < 4.78 is 11.0. The second-order valence-corrected chi connectivity index (χ2v) is 14.3.